The van der Waals surface area contributed by atoms with E-state index in [4.69, 9.17) is 4.55 Å². The van der Waals surface area contributed by atoms with E-state index in [-0.39, 0.29) is 5.75 Å². The van der Waals surface area contributed by atoms with Crippen LogP contribution in [0.5, 0.6) is 5.75 Å². The number of benzene rings is 1. The lowest BCUT2D eigenvalue weighted by atomic mass is 10.3. The molecule has 0 bridgehead atoms. The number of hydrogen-bond acceptors (Lipinski definition) is 4. The maximum absolute atomic E-state index is 10.4. The molecule has 0 radical (unpaired) electrons. The van der Waals surface area contributed by atoms with E-state index in [1.165, 1.54) is 12.1 Å². The minimum Gasteiger partial charge on any atom is -0.378 e. The zero-order chi connectivity index (χ0) is 10.8. The molecule has 0 saturated carbocycles. The van der Waals surface area contributed by atoms with E-state index < -0.39 is 10.4 Å². The smallest absolute Gasteiger partial charge is 0.378 e. The van der Waals surface area contributed by atoms with E-state index in [0.29, 0.717) is 0 Å². The molecule has 0 amide bonds. The highest BCUT2D eigenvalue weighted by molar-refractivity contribution is 7.81. The summed E-state index contributed by atoms with van der Waals surface area (Å²) >= 11 is 0. The molecule has 1 aromatic carbocycles. The molecule has 0 aliphatic heterocycles. The van der Waals surface area contributed by atoms with Crippen LogP contribution >= 0.6 is 0 Å². The van der Waals surface area contributed by atoms with Crippen molar-refractivity contribution in [2.45, 2.75) is 0 Å². The average Bonchev–Trinajstić information content (AvgIpc) is 2.01. The van der Waals surface area contributed by atoms with Gasteiger partial charge in [-0.05, 0) is 12.1 Å². The first kappa shape index (κ1) is 10.8. The normalized spacial score (nSPS) is 11.1. The summed E-state index contributed by atoms with van der Waals surface area (Å²) in [6.07, 6.45) is 0. The zero-order valence-corrected chi connectivity index (χ0v) is 8.65. The molecule has 0 spiro atoms. The van der Waals surface area contributed by atoms with Crippen LogP contribution < -0.4 is 9.08 Å². The van der Waals surface area contributed by atoms with Crippen molar-refractivity contribution in [1.82, 2.24) is 0 Å². The molecular formula is C8H11NO4S. The van der Waals surface area contributed by atoms with Crippen molar-refractivity contribution in [2.75, 3.05) is 19.0 Å². The fourth-order valence-electron chi connectivity index (χ4n) is 0.935. The summed E-state index contributed by atoms with van der Waals surface area (Å²) in [5.41, 5.74) is 0.783. The quantitative estimate of drug-likeness (QED) is 0.763. The van der Waals surface area contributed by atoms with Gasteiger partial charge in [0.1, 0.15) is 5.75 Å². The van der Waals surface area contributed by atoms with Gasteiger partial charge in [-0.25, -0.2) is 0 Å². The predicted molar refractivity (Wildman–Crippen MR) is 52.9 cm³/mol. The lowest BCUT2D eigenvalue weighted by Gasteiger charge is -2.12. The molecule has 1 rings (SSSR count). The highest BCUT2D eigenvalue weighted by Gasteiger charge is 2.07. The zero-order valence-electron chi connectivity index (χ0n) is 7.84. The first-order valence-electron chi connectivity index (χ1n) is 3.83. The van der Waals surface area contributed by atoms with Crippen LogP contribution in [0.3, 0.4) is 0 Å². The van der Waals surface area contributed by atoms with Crippen LogP contribution in [-0.4, -0.2) is 27.1 Å². The number of hydrogen-bond donors (Lipinski definition) is 1. The molecule has 78 valence electrons. The fraction of sp³-hybridized carbons (Fsp3) is 0.250. The highest BCUT2D eigenvalue weighted by atomic mass is 32.3. The van der Waals surface area contributed by atoms with Gasteiger partial charge in [-0.15, -0.1) is 0 Å². The summed E-state index contributed by atoms with van der Waals surface area (Å²) < 4.78 is 33.5. The Hall–Kier alpha value is -1.27. The lowest BCUT2D eigenvalue weighted by molar-refractivity contribution is 0.387. The summed E-state index contributed by atoms with van der Waals surface area (Å²) in [5.74, 6) is 0.0821. The second-order valence-corrected chi connectivity index (χ2v) is 3.92. The molecule has 0 unspecified atom stereocenters. The minimum absolute atomic E-state index is 0.0821. The summed E-state index contributed by atoms with van der Waals surface area (Å²) in [7, 11) is -0.814. The fourth-order valence-corrected chi connectivity index (χ4v) is 1.28. The Bertz CT molecular complexity index is 413. The van der Waals surface area contributed by atoms with Crippen molar-refractivity contribution >= 4 is 16.1 Å². The average molecular weight is 217 g/mol. The van der Waals surface area contributed by atoms with Crippen LogP contribution in [0.4, 0.5) is 5.69 Å². The standard InChI is InChI=1S/C8H11NO4S/c1-9(2)7-4-3-5-8(6-7)13-14(10,11)12/h3-6H,1-2H3,(H,10,11,12). The largest absolute Gasteiger partial charge is 0.446 e. The Morgan fingerprint density at radius 3 is 2.50 bits per heavy atom. The molecule has 0 aromatic heterocycles. The van der Waals surface area contributed by atoms with E-state index in [9.17, 15) is 8.42 Å². The van der Waals surface area contributed by atoms with E-state index in [1.807, 2.05) is 14.1 Å². The van der Waals surface area contributed by atoms with E-state index in [2.05, 4.69) is 4.18 Å². The van der Waals surface area contributed by atoms with Crippen LogP contribution in [0, 0.1) is 0 Å². The van der Waals surface area contributed by atoms with Gasteiger partial charge in [0.05, 0.1) is 0 Å². The molecular weight excluding hydrogens is 206 g/mol. The molecule has 14 heavy (non-hydrogen) atoms. The molecule has 5 nitrogen and oxygen atoms in total. The van der Waals surface area contributed by atoms with Gasteiger partial charge in [-0.2, -0.15) is 8.42 Å². The van der Waals surface area contributed by atoms with Gasteiger partial charge in [0.15, 0.2) is 0 Å². The lowest BCUT2D eigenvalue weighted by Crippen LogP contribution is -2.10. The van der Waals surface area contributed by atoms with Crippen LogP contribution in [0.1, 0.15) is 0 Å². The Morgan fingerprint density at radius 1 is 1.36 bits per heavy atom. The van der Waals surface area contributed by atoms with E-state index in [0.717, 1.165) is 5.69 Å². The monoisotopic (exact) mass is 217 g/mol. The maximum Gasteiger partial charge on any atom is 0.446 e. The van der Waals surface area contributed by atoms with E-state index >= 15 is 0 Å². The summed E-state index contributed by atoms with van der Waals surface area (Å²) in [4.78, 5) is 1.79. The van der Waals surface area contributed by atoms with Gasteiger partial charge in [0.25, 0.3) is 0 Å². The Kier molecular flexibility index (Phi) is 2.97. The second kappa shape index (κ2) is 3.85. The first-order chi connectivity index (χ1) is 6.38. The molecule has 0 aliphatic carbocycles. The third kappa shape index (κ3) is 3.23. The van der Waals surface area contributed by atoms with Gasteiger partial charge in [0.2, 0.25) is 0 Å². The predicted octanol–water partition coefficient (Wildman–Crippen LogP) is 0.934. The van der Waals surface area contributed by atoms with Crippen LogP contribution in [-0.2, 0) is 10.4 Å². The topological polar surface area (TPSA) is 66.8 Å². The summed E-state index contributed by atoms with van der Waals surface area (Å²) in [5, 5.41) is 0. The minimum atomic E-state index is -4.44. The molecule has 0 heterocycles. The number of nitrogens with zero attached hydrogens (tertiary/aromatic N) is 1. The van der Waals surface area contributed by atoms with Crippen molar-refractivity contribution in [3.8, 4) is 5.75 Å². The third-order valence-electron chi connectivity index (χ3n) is 1.54. The van der Waals surface area contributed by atoms with Crippen molar-refractivity contribution < 1.29 is 17.2 Å². The molecule has 0 fully saturated rings. The van der Waals surface area contributed by atoms with Crippen molar-refractivity contribution in [1.29, 1.82) is 0 Å². The number of anilines is 1. The van der Waals surface area contributed by atoms with Gasteiger partial charge in [0, 0.05) is 25.8 Å². The molecule has 1 aromatic rings. The molecule has 0 atom stereocenters. The van der Waals surface area contributed by atoms with Gasteiger partial charge >= 0.3 is 10.4 Å². The summed E-state index contributed by atoms with van der Waals surface area (Å²) in [6, 6.07) is 6.38. The van der Waals surface area contributed by atoms with Crippen molar-refractivity contribution in [2.24, 2.45) is 0 Å². The highest BCUT2D eigenvalue weighted by Crippen LogP contribution is 2.20. The third-order valence-corrected chi connectivity index (χ3v) is 1.94. The molecule has 0 saturated heterocycles. The Labute approximate surface area is 82.9 Å². The molecule has 1 N–H and O–H groups in total. The first-order valence-corrected chi connectivity index (χ1v) is 5.19. The van der Waals surface area contributed by atoms with Crippen LogP contribution in [0.15, 0.2) is 24.3 Å². The molecule has 6 heteroatoms. The summed E-state index contributed by atoms with van der Waals surface area (Å²) in [6.45, 7) is 0. The van der Waals surface area contributed by atoms with Crippen LogP contribution in [0.2, 0.25) is 0 Å². The van der Waals surface area contributed by atoms with Gasteiger partial charge < -0.3 is 9.08 Å². The number of rotatable bonds is 3. The second-order valence-electron chi connectivity index (χ2n) is 2.90. The van der Waals surface area contributed by atoms with Crippen LogP contribution in [0.25, 0.3) is 0 Å². The maximum atomic E-state index is 10.4. The van der Waals surface area contributed by atoms with Gasteiger partial charge in [-0.3, -0.25) is 4.55 Å². The van der Waals surface area contributed by atoms with Crippen molar-refractivity contribution in [3.05, 3.63) is 24.3 Å². The van der Waals surface area contributed by atoms with Crippen molar-refractivity contribution in [3.63, 3.8) is 0 Å². The van der Waals surface area contributed by atoms with Gasteiger partial charge in [-0.1, -0.05) is 6.07 Å². The Morgan fingerprint density at radius 2 is 2.00 bits per heavy atom. The Balaban J connectivity index is 2.95. The van der Waals surface area contributed by atoms with E-state index in [1.54, 1.807) is 17.0 Å². The molecule has 0 aliphatic rings. The SMILES string of the molecule is CN(C)c1cccc(OS(=O)(=O)O)c1.